The summed E-state index contributed by atoms with van der Waals surface area (Å²) in [6.07, 6.45) is 3.33. The van der Waals surface area contributed by atoms with Gasteiger partial charge in [-0.2, -0.15) is 0 Å². The monoisotopic (exact) mass is 257 g/mol. The van der Waals surface area contributed by atoms with E-state index in [1.807, 2.05) is 13.0 Å². The van der Waals surface area contributed by atoms with Crippen molar-refractivity contribution in [2.24, 2.45) is 11.8 Å². The number of imide groups is 1. The van der Waals surface area contributed by atoms with E-state index in [0.717, 1.165) is 0 Å². The molecular weight excluding hydrogens is 242 g/mol. The highest BCUT2D eigenvalue weighted by Gasteiger charge is 2.48. The lowest BCUT2D eigenvalue weighted by molar-refractivity contribution is -0.122. The number of carbonyl (C=O) groups excluding carboxylic acids is 2. The van der Waals surface area contributed by atoms with E-state index in [9.17, 15) is 14.7 Å². The molecule has 4 heteroatoms. The third-order valence-corrected chi connectivity index (χ3v) is 3.91. The normalized spacial score (nSPS) is 26.4. The van der Waals surface area contributed by atoms with Crippen LogP contribution in [0.5, 0.6) is 5.75 Å². The zero-order chi connectivity index (χ0) is 13.6. The van der Waals surface area contributed by atoms with Crippen molar-refractivity contribution in [2.45, 2.75) is 19.8 Å². The van der Waals surface area contributed by atoms with E-state index in [1.165, 1.54) is 22.6 Å². The third-order valence-electron chi connectivity index (χ3n) is 3.91. The summed E-state index contributed by atoms with van der Waals surface area (Å²) in [5.41, 5.74) is 1.63. The number of phenolic OH excluding ortho intramolecular Hbond substituents is 1. The van der Waals surface area contributed by atoms with E-state index in [2.05, 4.69) is 0 Å². The molecule has 1 aliphatic heterocycles. The Morgan fingerprint density at radius 2 is 1.95 bits per heavy atom. The van der Waals surface area contributed by atoms with Gasteiger partial charge in [0.05, 0.1) is 17.5 Å². The first kappa shape index (κ1) is 12.0. The Morgan fingerprint density at radius 1 is 1.21 bits per heavy atom. The van der Waals surface area contributed by atoms with Crippen molar-refractivity contribution < 1.29 is 14.7 Å². The maximum absolute atomic E-state index is 12.4. The van der Waals surface area contributed by atoms with E-state index in [-0.39, 0.29) is 29.4 Å². The summed E-state index contributed by atoms with van der Waals surface area (Å²) in [4.78, 5) is 26.0. The van der Waals surface area contributed by atoms with Crippen LogP contribution in [0.15, 0.2) is 35.9 Å². The lowest BCUT2D eigenvalue weighted by atomic mass is 9.82. The Morgan fingerprint density at radius 3 is 2.68 bits per heavy atom. The molecule has 3 rings (SSSR count). The SMILES string of the molecule is CC1=CCC2C(=O)N(c3cccc(O)c3)C(=O)C2C1. The molecule has 2 unspecified atom stereocenters. The van der Waals surface area contributed by atoms with Crippen molar-refractivity contribution in [1.82, 2.24) is 0 Å². The maximum atomic E-state index is 12.4. The van der Waals surface area contributed by atoms with Crippen LogP contribution in [0.4, 0.5) is 5.69 Å². The van der Waals surface area contributed by atoms with Gasteiger partial charge < -0.3 is 5.11 Å². The number of nitrogens with zero attached hydrogens (tertiary/aromatic N) is 1. The van der Waals surface area contributed by atoms with Gasteiger partial charge in [0.15, 0.2) is 0 Å². The highest BCUT2D eigenvalue weighted by atomic mass is 16.3. The van der Waals surface area contributed by atoms with Gasteiger partial charge in [-0.15, -0.1) is 0 Å². The van der Waals surface area contributed by atoms with Crippen LogP contribution >= 0.6 is 0 Å². The van der Waals surface area contributed by atoms with Crippen LogP contribution in [-0.2, 0) is 9.59 Å². The van der Waals surface area contributed by atoms with Gasteiger partial charge in [0.25, 0.3) is 0 Å². The number of fused-ring (bicyclic) bond motifs is 1. The Bertz CT molecular complexity index is 591. The minimum atomic E-state index is -0.237. The molecule has 2 amide bonds. The van der Waals surface area contributed by atoms with Gasteiger partial charge in [-0.25, -0.2) is 4.90 Å². The number of hydrogen-bond donors (Lipinski definition) is 1. The van der Waals surface area contributed by atoms with Crippen molar-refractivity contribution in [3.63, 3.8) is 0 Å². The van der Waals surface area contributed by atoms with Gasteiger partial charge in [-0.1, -0.05) is 17.7 Å². The fourth-order valence-electron chi connectivity index (χ4n) is 2.92. The molecule has 1 aromatic rings. The van der Waals surface area contributed by atoms with Crippen molar-refractivity contribution in [1.29, 1.82) is 0 Å². The average molecular weight is 257 g/mol. The molecular formula is C15H15NO3. The summed E-state index contributed by atoms with van der Waals surface area (Å²) >= 11 is 0. The quantitative estimate of drug-likeness (QED) is 0.620. The summed E-state index contributed by atoms with van der Waals surface area (Å²) in [5, 5.41) is 9.49. The topological polar surface area (TPSA) is 57.6 Å². The molecule has 0 radical (unpaired) electrons. The molecule has 1 heterocycles. The van der Waals surface area contributed by atoms with Crippen LogP contribution in [0.25, 0.3) is 0 Å². The first-order chi connectivity index (χ1) is 9.08. The lowest BCUT2D eigenvalue weighted by Crippen LogP contribution is -2.30. The van der Waals surface area contributed by atoms with Crippen molar-refractivity contribution in [3.05, 3.63) is 35.9 Å². The number of phenols is 1. The van der Waals surface area contributed by atoms with Crippen LogP contribution in [0.1, 0.15) is 19.8 Å². The number of aromatic hydroxyl groups is 1. The number of carbonyl (C=O) groups is 2. The third kappa shape index (κ3) is 1.84. The fraction of sp³-hybridized carbons (Fsp3) is 0.333. The average Bonchev–Trinajstić information content (AvgIpc) is 2.61. The molecule has 1 N–H and O–H groups in total. The second-order valence-electron chi connectivity index (χ2n) is 5.24. The fourth-order valence-corrected chi connectivity index (χ4v) is 2.92. The zero-order valence-electron chi connectivity index (χ0n) is 10.7. The molecule has 1 aliphatic carbocycles. The van der Waals surface area contributed by atoms with Gasteiger partial charge in [0.1, 0.15) is 5.75 Å². The number of rotatable bonds is 1. The molecule has 2 atom stereocenters. The minimum absolute atomic E-state index is 0.0577. The summed E-state index contributed by atoms with van der Waals surface area (Å²) < 4.78 is 0. The number of anilines is 1. The number of hydrogen-bond acceptors (Lipinski definition) is 3. The molecule has 1 fully saturated rings. The van der Waals surface area contributed by atoms with Crippen molar-refractivity contribution in [3.8, 4) is 5.75 Å². The molecule has 1 aromatic carbocycles. The molecule has 4 nitrogen and oxygen atoms in total. The van der Waals surface area contributed by atoms with Gasteiger partial charge in [0, 0.05) is 6.07 Å². The maximum Gasteiger partial charge on any atom is 0.238 e. The van der Waals surface area contributed by atoms with E-state index in [4.69, 9.17) is 0 Å². The second-order valence-corrected chi connectivity index (χ2v) is 5.24. The highest BCUT2D eigenvalue weighted by Crippen LogP contribution is 2.40. The standard InChI is InChI=1S/C15H15NO3/c1-9-5-6-12-13(7-9)15(19)16(14(12)18)10-3-2-4-11(17)8-10/h2-5,8,12-13,17H,6-7H2,1H3. The molecule has 98 valence electrons. The number of allylic oxidation sites excluding steroid dienone is 2. The molecule has 0 spiro atoms. The predicted molar refractivity (Wildman–Crippen MR) is 70.6 cm³/mol. The van der Waals surface area contributed by atoms with E-state index >= 15 is 0 Å². The summed E-state index contributed by atoms with van der Waals surface area (Å²) in [7, 11) is 0. The van der Waals surface area contributed by atoms with Crippen molar-refractivity contribution in [2.75, 3.05) is 4.90 Å². The van der Waals surface area contributed by atoms with E-state index in [1.54, 1.807) is 12.1 Å². The lowest BCUT2D eigenvalue weighted by Gasteiger charge is -2.18. The zero-order valence-corrected chi connectivity index (χ0v) is 10.7. The van der Waals surface area contributed by atoms with Crippen LogP contribution in [0.3, 0.4) is 0 Å². The van der Waals surface area contributed by atoms with Gasteiger partial charge in [-0.3, -0.25) is 9.59 Å². The Labute approximate surface area is 111 Å². The van der Waals surface area contributed by atoms with Gasteiger partial charge in [-0.05, 0) is 31.9 Å². The second kappa shape index (κ2) is 4.23. The molecule has 0 saturated carbocycles. The Hall–Kier alpha value is -2.10. The van der Waals surface area contributed by atoms with Crippen LogP contribution < -0.4 is 4.90 Å². The smallest absolute Gasteiger partial charge is 0.238 e. The van der Waals surface area contributed by atoms with Crippen LogP contribution in [0.2, 0.25) is 0 Å². The van der Waals surface area contributed by atoms with Crippen LogP contribution in [0, 0.1) is 11.8 Å². The molecule has 0 aromatic heterocycles. The van der Waals surface area contributed by atoms with Crippen molar-refractivity contribution >= 4 is 17.5 Å². The summed E-state index contributed by atoms with van der Waals surface area (Å²) in [6, 6.07) is 6.28. The summed E-state index contributed by atoms with van der Waals surface area (Å²) in [5.74, 6) is -0.710. The largest absolute Gasteiger partial charge is 0.508 e. The molecule has 0 bridgehead atoms. The van der Waals surface area contributed by atoms with E-state index < -0.39 is 0 Å². The van der Waals surface area contributed by atoms with Gasteiger partial charge in [0.2, 0.25) is 11.8 Å². The highest BCUT2D eigenvalue weighted by molar-refractivity contribution is 6.22. The van der Waals surface area contributed by atoms with E-state index in [0.29, 0.717) is 18.5 Å². The molecule has 19 heavy (non-hydrogen) atoms. The number of benzene rings is 1. The first-order valence-electron chi connectivity index (χ1n) is 6.40. The Kier molecular flexibility index (Phi) is 2.66. The first-order valence-corrected chi connectivity index (χ1v) is 6.40. The van der Waals surface area contributed by atoms with Crippen LogP contribution in [-0.4, -0.2) is 16.9 Å². The van der Waals surface area contributed by atoms with Gasteiger partial charge >= 0.3 is 0 Å². The number of amides is 2. The predicted octanol–water partition coefficient (Wildman–Crippen LogP) is 2.24. The molecule has 1 saturated heterocycles. The summed E-state index contributed by atoms with van der Waals surface area (Å²) in [6.45, 7) is 1.99. The molecule has 2 aliphatic rings. The Balaban J connectivity index is 1.97. The minimum Gasteiger partial charge on any atom is -0.508 e.